The maximum absolute atomic E-state index is 6.07. The highest BCUT2D eigenvalue weighted by atomic mass is 35.5. The van der Waals surface area contributed by atoms with E-state index in [1.54, 1.807) is 12.4 Å². The molecular formula is C17H22ClN3OS. The molecule has 23 heavy (non-hydrogen) atoms. The van der Waals surface area contributed by atoms with E-state index in [1.807, 2.05) is 17.4 Å². The summed E-state index contributed by atoms with van der Waals surface area (Å²) in [5, 5.41) is 1.75. The molecule has 1 aliphatic heterocycles. The summed E-state index contributed by atoms with van der Waals surface area (Å²) in [6.45, 7) is 8.19. The highest BCUT2D eigenvalue weighted by molar-refractivity contribution is 7.11. The fraction of sp³-hybridized carbons (Fsp3) is 0.529. The third kappa shape index (κ3) is 4.43. The molecule has 0 unspecified atom stereocenters. The van der Waals surface area contributed by atoms with Crippen LogP contribution in [0.15, 0.2) is 18.5 Å². The molecule has 0 radical (unpaired) electrons. The van der Waals surface area contributed by atoms with Gasteiger partial charge >= 0.3 is 0 Å². The predicted octanol–water partition coefficient (Wildman–Crippen LogP) is 4.10. The summed E-state index contributed by atoms with van der Waals surface area (Å²) < 4.78 is 5.85. The number of nitrogens with zero attached hydrogens (tertiary/aromatic N) is 3. The number of rotatable bonds is 5. The Kier molecular flexibility index (Phi) is 5.51. The third-order valence-corrected chi connectivity index (χ3v) is 5.63. The van der Waals surface area contributed by atoms with E-state index in [9.17, 15) is 0 Å². The molecule has 0 saturated carbocycles. The fourth-order valence-corrected chi connectivity index (χ4v) is 4.08. The lowest BCUT2D eigenvalue weighted by atomic mass is 9.98. The van der Waals surface area contributed by atoms with E-state index in [-0.39, 0.29) is 0 Å². The van der Waals surface area contributed by atoms with E-state index in [0.29, 0.717) is 10.9 Å². The van der Waals surface area contributed by atoms with E-state index in [0.717, 1.165) is 37.0 Å². The lowest BCUT2D eigenvalue weighted by molar-refractivity contribution is 0.137. The van der Waals surface area contributed by atoms with Gasteiger partial charge < -0.3 is 4.74 Å². The number of hydrogen-bond donors (Lipinski definition) is 0. The van der Waals surface area contributed by atoms with E-state index in [1.165, 1.54) is 23.4 Å². The molecule has 0 bridgehead atoms. The Balaban J connectivity index is 1.45. The number of likely N-dealkylation sites (tertiary alicyclic amines) is 1. The molecule has 0 amide bonds. The molecular weight excluding hydrogens is 330 g/mol. The van der Waals surface area contributed by atoms with Gasteiger partial charge in [0.05, 0.1) is 17.3 Å². The van der Waals surface area contributed by atoms with Crippen LogP contribution in [0.2, 0.25) is 5.02 Å². The third-order valence-electron chi connectivity index (χ3n) is 4.28. The minimum absolute atomic E-state index is 0.584. The lowest BCUT2D eigenvalue weighted by Gasteiger charge is -2.31. The maximum atomic E-state index is 6.07. The van der Waals surface area contributed by atoms with Crippen molar-refractivity contribution in [3.63, 3.8) is 0 Å². The first-order chi connectivity index (χ1) is 11.1. The molecule has 1 fully saturated rings. The molecule has 0 atom stereocenters. The Hall–Kier alpha value is -1.17. The van der Waals surface area contributed by atoms with Gasteiger partial charge in [-0.1, -0.05) is 11.6 Å². The SMILES string of the molecule is Cc1nc(C)c(CN2CCC(COc3ccncc3Cl)CC2)s1. The van der Waals surface area contributed by atoms with Crippen molar-refractivity contribution in [2.75, 3.05) is 19.7 Å². The number of thiazole rings is 1. The number of halogens is 1. The summed E-state index contributed by atoms with van der Waals surface area (Å²) in [7, 11) is 0. The second-order valence-electron chi connectivity index (χ2n) is 6.08. The van der Waals surface area contributed by atoms with E-state index in [2.05, 4.69) is 28.7 Å². The molecule has 0 aliphatic carbocycles. The maximum Gasteiger partial charge on any atom is 0.141 e. The van der Waals surface area contributed by atoms with Crippen molar-refractivity contribution in [3.8, 4) is 5.75 Å². The molecule has 3 heterocycles. The van der Waals surface area contributed by atoms with Crippen molar-refractivity contribution in [3.05, 3.63) is 39.1 Å². The summed E-state index contributed by atoms with van der Waals surface area (Å²) in [6.07, 6.45) is 5.67. The van der Waals surface area contributed by atoms with Crippen molar-refractivity contribution >= 4 is 22.9 Å². The van der Waals surface area contributed by atoms with Crippen LogP contribution in [0.5, 0.6) is 5.75 Å². The van der Waals surface area contributed by atoms with Crippen molar-refractivity contribution in [1.82, 2.24) is 14.9 Å². The summed E-state index contributed by atoms with van der Waals surface area (Å²) in [4.78, 5) is 12.4. The normalized spacial score (nSPS) is 16.7. The molecule has 3 rings (SSSR count). The second-order valence-corrected chi connectivity index (χ2v) is 7.77. The average molecular weight is 352 g/mol. The Morgan fingerprint density at radius 3 is 2.78 bits per heavy atom. The van der Waals surface area contributed by atoms with Crippen LogP contribution in [0.4, 0.5) is 0 Å². The van der Waals surface area contributed by atoms with Gasteiger partial charge in [-0.2, -0.15) is 0 Å². The number of piperidine rings is 1. The summed E-state index contributed by atoms with van der Waals surface area (Å²) in [6, 6.07) is 1.83. The van der Waals surface area contributed by atoms with Gasteiger partial charge in [0.1, 0.15) is 10.8 Å². The first-order valence-corrected chi connectivity index (χ1v) is 9.19. The second kappa shape index (κ2) is 7.60. The first-order valence-electron chi connectivity index (χ1n) is 7.99. The van der Waals surface area contributed by atoms with Crippen molar-refractivity contribution < 1.29 is 4.74 Å². The van der Waals surface area contributed by atoms with Gasteiger partial charge in [0.15, 0.2) is 0 Å². The summed E-state index contributed by atoms with van der Waals surface area (Å²) >= 11 is 7.89. The Morgan fingerprint density at radius 2 is 2.13 bits per heavy atom. The number of aromatic nitrogens is 2. The minimum atomic E-state index is 0.584. The topological polar surface area (TPSA) is 38.2 Å². The zero-order valence-corrected chi connectivity index (χ0v) is 15.2. The Bertz CT molecular complexity index is 653. The van der Waals surface area contributed by atoms with Crippen LogP contribution in [-0.2, 0) is 6.54 Å². The molecule has 2 aromatic heterocycles. The van der Waals surface area contributed by atoms with Gasteiger partial charge in [0.2, 0.25) is 0 Å². The van der Waals surface area contributed by atoms with E-state index < -0.39 is 0 Å². The quantitative estimate of drug-likeness (QED) is 0.812. The van der Waals surface area contributed by atoms with Crippen LogP contribution >= 0.6 is 22.9 Å². The highest BCUT2D eigenvalue weighted by Gasteiger charge is 2.21. The molecule has 124 valence electrons. The average Bonchev–Trinajstić information content (AvgIpc) is 2.85. The smallest absolute Gasteiger partial charge is 0.141 e. The largest absolute Gasteiger partial charge is 0.492 e. The fourth-order valence-electron chi connectivity index (χ4n) is 2.92. The van der Waals surface area contributed by atoms with Gasteiger partial charge in [-0.15, -0.1) is 11.3 Å². The molecule has 0 spiro atoms. The van der Waals surface area contributed by atoms with Crippen LogP contribution < -0.4 is 4.74 Å². The summed E-state index contributed by atoms with van der Waals surface area (Å²) in [5.41, 5.74) is 1.19. The van der Waals surface area contributed by atoms with Crippen LogP contribution in [0.25, 0.3) is 0 Å². The molecule has 1 aliphatic rings. The van der Waals surface area contributed by atoms with Gasteiger partial charge in [-0.25, -0.2) is 4.98 Å². The number of hydrogen-bond acceptors (Lipinski definition) is 5. The number of ether oxygens (including phenoxy) is 1. The monoisotopic (exact) mass is 351 g/mol. The highest BCUT2D eigenvalue weighted by Crippen LogP contribution is 2.26. The van der Waals surface area contributed by atoms with Crippen molar-refractivity contribution in [2.24, 2.45) is 5.92 Å². The van der Waals surface area contributed by atoms with Crippen LogP contribution in [0.3, 0.4) is 0 Å². The molecule has 2 aromatic rings. The minimum Gasteiger partial charge on any atom is -0.492 e. The van der Waals surface area contributed by atoms with Crippen molar-refractivity contribution in [1.29, 1.82) is 0 Å². The standard InChI is InChI=1S/C17H22ClN3OS/c1-12-17(23-13(2)20-12)10-21-7-4-14(5-8-21)11-22-16-3-6-19-9-15(16)18/h3,6,9,14H,4-5,7-8,10-11H2,1-2H3. The van der Waals surface area contributed by atoms with Gasteiger partial charge in [0.25, 0.3) is 0 Å². The van der Waals surface area contributed by atoms with Gasteiger partial charge in [-0.05, 0) is 45.7 Å². The first kappa shape index (κ1) is 16.7. The summed E-state index contributed by atoms with van der Waals surface area (Å²) in [5.74, 6) is 1.33. The van der Waals surface area contributed by atoms with E-state index in [4.69, 9.17) is 16.3 Å². The zero-order chi connectivity index (χ0) is 16.2. The van der Waals surface area contributed by atoms with Gasteiger partial charge in [0, 0.05) is 29.9 Å². The Morgan fingerprint density at radius 1 is 1.35 bits per heavy atom. The van der Waals surface area contributed by atoms with Crippen LogP contribution in [0, 0.1) is 19.8 Å². The molecule has 6 heteroatoms. The van der Waals surface area contributed by atoms with Crippen molar-refractivity contribution in [2.45, 2.75) is 33.2 Å². The van der Waals surface area contributed by atoms with Crippen LogP contribution in [0.1, 0.15) is 28.4 Å². The Labute approximate surface area is 146 Å². The van der Waals surface area contributed by atoms with Gasteiger partial charge in [-0.3, -0.25) is 9.88 Å². The predicted molar refractivity (Wildman–Crippen MR) is 94.3 cm³/mol. The lowest BCUT2D eigenvalue weighted by Crippen LogP contribution is -2.35. The number of pyridine rings is 1. The zero-order valence-electron chi connectivity index (χ0n) is 13.6. The van der Waals surface area contributed by atoms with Crippen LogP contribution in [-0.4, -0.2) is 34.6 Å². The van der Waals surface area contributed by atoms with E-state index >= 15 is 0 Å². The molecule has 0 N–H and O–H groups in total. The molecule has 0 aromatic carbocycles. The molecule has 4 nitrogen and oxygen atoms in total. The number of aryl methyl sites for hydroxylation is 2. The molecule has 1 saturated heterocycles.